The zero-order chi connectivity index (χ0) is 24.3. The van der Waals surface area contributed by atoms with E-state index in [1.807, 2.05) is 0 Å². The Morgan fingerprint density at radius 3 is 1.81 bits per heavy atom. The highest BCUT2D eigenvalue weighted by molar-refractivity contribution is 5.95. The minimum atomic E-state index is -1.54. The molecule has 0 saturated heterocycles. The Balaban J connectivity index is 5.18. The number of amides is 4. The Bertz CT molecular complexity index is 655. The van der Waals surface area contributed by atoms with Crippen molar-refractivity contribution in [1.82, 2.24) is 21.3 Å². The number of rotatable bonds is 13. The molecule has 0 aliphatic carbocycles. The maximum Gasteiger partial charge on any atom is 0.326 e. The molecule has 0 aromatic heterocycles. The molecule has 5 atom stereocenters. The van der Waals surface area contributed by atoms with Crippen LogP contribution < -0.4 is 27.0 Å². The highest BCUT2D eigenvalue weighted by Gasteiger charge is 2.32. The third-order valence-corrected chi connectivity index (χ3v) is 4.16. The minimum absolute atomic E-state index is 0.0447. The predicted molar refractivity (Wildman–Crippen MR) is 108 cm³/mol. The largest absolute Gasteiger partial charge is 0.480 e. The van der Waals surface area contributed by atoms with Crippen LogP contribution in [0.2, 0.25) is 0 Å². The van der Waals surface area contributed by atoms with Crippen molar-refractivity contribution in [3.8, 4) is 0 Å². The van der Waals surface area contributed by atoms with Crippen LogP contribution >= 0.6 is 0 Å². The Morgan fingerprint density at radius 1 is 0.839 bits per heavy atom. The second-order valence-electron chi connectivity index (χ2n) is 7.49. The normalized spacial score (nSPS) is 15.7. The van der Waals surface area contributed by atoms with Crippen molar-refractivity contribution < 1.29 is 39.3 Å². The lowest BCUT2D eigenvalue weighted by atomic mass is 10.0. The molecule has 0 aliphatic heterocycles. The fourth-order valence-electron chi connectivity index (χ4n) is 2.47. The summed E-state index contributed by atoms with van der Waals surface area (Å²) in [6.45, 7) is 4.89. The van der Waals surface area contributed by atoms with Crippen molar-refractivity contribution in [1.29, 1.82) is 0 Å². The Kier molecular flexibility index (Phi) is 12.3. The zero-order valence-electron chi connectivity index (χ0n) is 18.0. The fraction of sp³-hybridized carbons (Fsp3) is 0.722. The number of aliphatic hydroxyl groups is 2. The Hall–Kier alpha value is -2.77. The van der Waals surface area contributed by atoms with E-state index in [1.165, 1.54) is 13.8 Å². The molecule has 0 spiro atoms. The van der Waals surface area contributed by atoms with E-state index in [1.54, 1.807) is 13.8 Å². The quantitative estimate of drug-likeness (QED) is 0.140. The molecule has 13 nitrogen and oxygen atoms in total. The van der Waals surface area contributed by atoms with Crippen LogP contribution in [0.25, 0.3) is 0 Å². The first kappa shape index (κ1) is 28.2. The maximum absolute atomic E-state index is 12.5. The zero-order valence-corrected chi connectivity index (χ0v) is 18.0. The van der Waals surface area contributed by atoms with Crippen LogP contribution in [0, 0.1) is 5.92 Å². The molecule has 0 saturated carbocycles. The number of carbonyl (C=O) groups excluding carboxylic acids is 4. The summed E-state index contributed by atoms with van der Waals surface area (Å²) < 4.78 is 0. The van der Waals surface area contributed by atoms with Crippen molar-refractivity contribution in [3.63, 3.8) is 0 Å². The van der Waals surface area contributed by atoms with Gasteiger partial charge in [-0.05, 0) is 26.2 Å². The molecule has 178 valence electrons. The molecule has 0 rings (SSSR count). The molecule has 0 fully saturated rings. The van der Waals surface area contributed by atoms with Gasteiger partial charge in [-0.2, -0.15) is 0 Å². The summed E-state index contributed by atoms with van der Waals surface area (Å²) in [6.07, 6.45) is -1.28. The van der Waals surface area contributed by atoms with Gasteiger partial charge in [0, 0.05) is 0 Å². The SMILES string of the molecule is CC(C)C[C@H](NC(=O)[C@@H](NC(=O)[C@H](CO)NC(=O)[C@H](C)NC(=O)CN)[C@@H](C)O)C(=O)O. The summed E-state index contributed by atoms with van der Waals surface area (Å²) in [6, 6.07) is -5.32. The highest BCUT2D eigenvalue weighted by atomic mass is 16.4. The second kappa shape index (κ2) is 13.5. The van der Waals surface area contributed by atoms with Crippen LogP contribution in [-0.2, 0) is 24.0 Å². The molecule has 9 N–H and O–H groups in total. The van der Waals surface area contributed by atoms with E-state index >= 15 is 0 Å². The van der Waals surface area contributed by atoms with Crippen LogP contribution in [0.5, 0.6) is 0 Å². The molecule has 0 aromatic carbocycles. The highest BCUT2D eigenvalue weighted by Crippen LogP contribution is 2.06. The molecular formula is C18H33N5O8. The lowest BCUT2D eigenvalue weighted by Gasteiger charge is -2.26. The third-order valence-electron chi connectivity index (χ3n) is 4.16. The van der Waals surface area contributed by atoms with Gasteiger partial charge < -0.3 is 42.3 Å². The van der Waals surface area contributed by atoms with E-state index in [-0.39, 0.29) is 18.9 Å². The van der Waals surface area contributed by atoms with Crippen molar-refractivity contribution in [2.45, 2.75) is 64.4 Å². The summed E-state index contributed by atoms with van der Waals surface area (Å²) in [7, 11) is 0. The predicted octanol–water partition coefficient (Wildman–Crippen LogP) is -3.59. The van der Waals surface area contributed by atoms with Gasteiger partial charge in [-0.1, -0.05) is 13.8 Å². The number of nitrogens with two attached hydrogens (primary N) is 1. The van der Waals surface area contributed by atoms with E-state index < -0.39 is 66.5 Å². The molecule has 0 aliphatic rings. The van der Waals surface area contributed by atoms with Crippen molar-refractivity contribution in [2.75, 3.05) is 13.2 Å². The number of carboxylic acid groups (broad SMARTS) is 1. The van der Waals surface area contributed by atoms with E-state index in [0.29, 0.717) is 0 Å². The molecule has 0 heterocycles. The number of carboxylic acids is 1. The number of aliphatic hydroxyl groups excluding tert-OH is 2. The molecule has 0 radical (unpaired) electrons. The van der Waals surface area contributed by atoms with E-state index in [9.17, 15) is 39.3 Å². The monoisotopic (exact) mass is 447 g/mol. The summed E-state index contributed by atoms with van der Waals surface area (Å²) in [5.41, 5.74) is 5.14. The van der Waals surface area contributed by atoms with Gasteiger partial charge in [-0.15, -0.1) is 0 Å². The van der Waals surface area contributed by atoms with E-state index in [2.05, 4.69) is 21.3 Å². The lowest BCUT2D eigenvalue weighted by molar-refractivity contribution is -0.143. The van der Waals surface area contributed by atoms with Gasteiger partial charge >= 0.3 is 5.97 Å². The summed E-state index contributed by atoms with van der Waals surface area (Å²) in [4.78, 5) is 59.6. The van der Waals surface area contributed by atoms with Gasteiger partial charge in [0.2, 0.25) is 23.6 Å². The first-order valence-electron chi connectivity index (χ1n) is 9.76. The first-order valence-corrected chi connectivity index (χ1v) is 9.76. The number of hydrogen-bond donors (Lipinski definition) is 8. The topological polar surface area (TPSA) is 220 Å². The van der Waals surface area contributed by atoms with Crippen molar-refractivity contribution >= 4 is 29.6 Å². The number of carbonyl (C=O) groups is 5. The molecule has 0 aromatic rings. The molecule has 31 heavy (non-hydrogen) atoms. The average molecular weight is 447 g/mol. The molecular weight excluding hydrogens is 414 g/mol. The first-order chi connectivity index (χ1) is 14.3. The smallest absolute Gasteiger partial charge is 0.326 e. The fourth-order valence-corrected chi connectivity index (χ4v) is 2.47. The molecule has 0 unspecified atom stereocenters. The lowest BCUT2D eigenvalue weighted by Crippen LogP contribution is -2.60. The van der Waals surface area contributed by atoms with E-state index in [4.69, 9.17) is 5.73 Å². The van der Waals surface area contributed by atoms with Crippen molar-refractivity contribution in [2.24, 2.45) is 11.7 Å². The van der Waals surface area contributed by atoms with Gasteiger partial charge in [-0.3, -0.25) is 19.2 Å². The Morgan fingerprint density at radius 2 is 1.39 bits per heavy atom. The molecule has 13 heteroatoms. The van der Waals surface area contributed by atoms with E-state index in [0.717, 1.165) is 0 Å². The van der Waals surface area contributed by atoms with Crippen molar-refractivity contribution in [3.05, 3.63) is 0 Å². The van der Waals surface area contributed by atoms with Gasteiger partial charge in [0.15, 0.2) is 0 Å². The number of aliphatic carboxylic acids is 1. The van der Waals surface area contributed by atoms with Crippen LogP contribution in [0.15, 0.2) is 0 Å². The van der Waals surface area contributed by atoms with Crippen LogP contribution in [0.4, 0.5) is 0 Å². The van der Waals surface area contributed by atoms with Gasteiger partial charge in [-0.25, -0.2) is 4.79 Å². The summed E-state index contributed by atoms with van der Waals surface area (Å²) in [5, 5.41) is 37.5. The van der Waals surface area contributed by atoms with Gasteiger partial charge in [0.05, 0.1) is 19.3 Å². The van der Waals surface area contributed by atoms with Crippen LogP contribution in [0.3, 0.4) is 0 Å². The maximum atomic E-state index is 12.5. The molecule has 4 amide bonds. The number of nitrogens with one attached hydrogen (secondary N) is 4. The molecule has 0 bridgehead atoms. The third kappa shape index (κ3) is 10.2. The minimum Gasteiger partial charge on any atom is -0.480 e. The summed E-state index contributed by atoms with van der Waals surface area (Å²) >= 11 is 0. The Labute approximate surface area is 180 Å². The van der Waals surface area contributed by atoms with Gasteiger partial charge in [0.25, 0.3) is 0 Å². The average Bonchev–Trinajstić information content (AvgIpc) is 2.67. The second-order valence-corrected chi connectivity index (χ2v) is 7.49. The standard InChI is InChI=1S/C18H33N5O8/c1-8(2)5-11(18(30)31)21-17(29)14(10(4)25)23-16(28)12(7-24)22-15(27)9(3)20-13(26)6-19/h8-12,14,24-25H,5-7,19H2,1-4H3,(H,20,26)(H,21,29)(H,22,27)(H,23,28)(H,30,31)/t9-,10+,11-,12-,14-/m0/s1. The van der Waals surface area contributed by atoms with Crippen LogP contribution in [0.1, 0.15) is 34.1 Å². The van der Waals surface area contributed by atoms with Gasteiger partial charge in [0.1, 0.15) is 24.2 Å². The van der Waals surface area contributed by atoms with Crippen LogP contribution in [-0.4, -0.2) is 88.3 Å². The number of hydrogen-bond acceptors (Lipinski definition) is 8. The summed E-state index contributed by atoms with van der Waals surface area (Å²) in [5.74, 6) is -4.65.